The summed E-state index contributed by atoms with van der Waals surface area (Å²) in [5.41, 5.74) is 5.16. The molecule has 0 aromatic heterocycles. The highest BCUT2D eigenvalue weighted by Crippen LogP contribution is 1.96. The molecule has 0 aromatic rings. The Hall–Kier alpha value is -1.17. The Bertz CT molecular complexity index is 195. The fraction of sp³-hybridized carbons (Fsp3) is 0.500. The fourth-order valence-corrected chi connectivity index (χ4v) is 0.765. The molecule has 68 valence electrons. The van der Waals surface area contributed by atoms with E-state index in [2.05, 4.69) is 17.5 Å². The van der Waals surface area contributed by atoms with Crippen LogP contribution in [-0.2, 0) is 9.59 Å². The Morgan fingerprint density at radius 1 is 1.75 bits per heavy atom. The maximum absolute atomic E-state index is 10.4. The molecule has 5 nitrogen and oxygen atoms in total. The first-order valence-electron chi connectivity index (χ1n) is 3.28. The molecule has 0 fully saturated rings. The Labute approximate surface area is 74.9 Å². The van der Waals surface area contributed by atoms with Crippen molar-refractivity contribution in [3.05, 3.63) is 0 Å². The Morgan fingerprint density at radius 2 is 2.33 bits per heavy atom. The van der Waals surface area contributed by atoms with Crippen molar-refractivity contribution in [3.63, 3.8) is 0 Å². The van der Waals surface area contributed by atoms with Gasteiger partial charge in [-0.1, -0.05) is 12.2 Å². The van der Waals surface area contributed by atoms with E-state index in [0.29, 0.717) is 12.8 Å². The zero-order valence-electron chi connectivity index (χ0n) is 6.32. The quantitative estimate of drug-likeness (QED) is 0.378. The molecule has 0 saturated heterocycles. The van der Waals surface area contributed by atoms with E-state index in [-0.39, 0.29) is 11.4 Å². The van der Waals surface area contributed by atoms with Crippen molar-refractivity contribution in [2.24, 2.45) is 5.73 Å². The van der Waals surface area contributed by atoms with E-state index in [1.165, 1.54) is 0 Å². The smallest absolute Gasteiger partial charge is 0.326 e. The summed E-state index contributed by atoms with van der Waals surface area (Å²) in [6.45, 7) is 0. The van der Waals surface area contributed by atoms with Crippen LogP contribution in [0.5, 0.6) is 0 Å². The molecule has 0 aliphatic rings. The minimum absolute atomic E-state index is 0.226. The molecular formula is C6H10N2O3S. The average molecular weight is 190 g/mol. The maximum atomic E-state index is 10.4. The van der Waals surface area contributed by atoms with Crippen molar-refractivity contribution in [2.75, 3.05) is 0 Å². The van der Waals surface area contributed by atoms with Crippen LogP contribution in [0, 0.1) is 0 Å². The number of hydrogen-bond acceptors (Lipinski definition) is 3. The number of aliphatic carboxylic acids is 1. The lowest BCUT2D eigenvalue weighted by atomic mass is 10.1. The number of thiocarbonyl (C=S) groups is 1. The highest BCUT2D eigenvalue weighted by atomic mass is 32.1. The monoisotopic (exact) mass is 190 g/mol. The number of carboxylic acids is 1. The molecule has 1 amide bonds. The topological polar surface area (TPSA) is 92.4 Å². The minimum atomic E-state index is -1.08. The summed E-state index contributed by atoms with van der Waals surface area (Å²) in [7, 11) is 0. The second-order valence-corrected chi connectivity index (χ2v) is 2.70. The number of amides is 1. The van der Waals surface area contributed by atoms with Gasteiger partial charge in [0.25, 0.3) is 0 Å². The van der Waals surface area contributed by atoms with Crippen LogP contribution in [0.4, 0.5) is 0 Å². The van der Waals surface area contributed by atoms with Crippen molar-refractivity contribution >= 4 is 29.6 Å². The SMILES string of the molecule is NC(=S)CCC(NC=O)C(=O)O. The lowest BCUT2D eigenvalue weighted by Gasteiger charge is -2.09. The van der Waals surface area contributed by atoms with E-state index in [1.54, 1.807) is 0 Å². The third kappa shape index (κ3) is 4.62. The van der Waals surface area contributed by atoms with E-state index in [0.717, 1.165) is 0 Å². The largest absolute Gasteiger partial charge is 0.480 e. The standard InChI is InChI=1S/C6H10N2O3S/c7-5(12)2-1-4(6(10)11)8-3-9/h3-4H,1-2H2,(H2,7,12)(H,8,9)(H,10,11). The number of nitrogens with two attached hydrogens (primary N) is 1. The molecule has 6 heteroatoms. The van der Waals surface area contributed by atoms with E-state index in [1.807, 2.05) is 0 Å². The predicted molar refractivity (Wildman–Crippen MR) is 46.6 cm³/mol. The number of carbonyl (C=O) groups is 2. The van der Waals surface area contributed by atoms with Gasteiger partial charge in [0.1, 0.15) is 6.04 Å². The van der Waals surface area contributed by atoms with Crippen LogP contribution in [0.25, 0.3) is 0 Å². The molecule has 0 rings (SSSR count). The van der Waals surface area contributed by atoms with Gasteiger partial charge < -0.3 is 16.2 Å². The Kier molecular flexibility index (Phi) is 4.94. The van der Waals surface area contributed by atoms with Crippen molar-refractivity contribution in [1.29, 1.82) is 0 Å². The first-order valence-corrected chi connectivity index (χ1v) is 3.69. The molecule has 0 aromatic carbocycles. The third-order valence-electron chi connectivity index (χ3n) is 1.25. The van der Waals surface area contributed by atoms with E-state index in [4.69, 9.17) is 10.8 Å². The molecule has 4 N–H and O–H groups in total. The van der Waals surface area contributed by atoms with Crippen LogP contribution in [0.1, 0.15) is 12.8 Å². The summed E-state index contributed by atoms with van der Waals surface area (Å²) in [5.74, 6) is -1.08. The molecule has 0 aliphatic carbocycles. The van der Waals surface area contributed by atoms with Crippen LogP contribution in [0.2, 0.25) is 0 Å². The van der Waals surface area contributed by atoms with Crippen molar-refractivity contribution in [3.8, 4) is 0 Å². The average Bonchev–Trinajstić information content (AvgIpc) is 1.96. The summed E-state index contributed by atoms with van der Waals surface area (Å²) in [4.78, 5) is 20.6. The van der Waals surface area contributed by atoms with Gasteiger partial charge in [-0.3, -0.25) is 4.79 Å². The van der Waals surface area contributed by atoms with E-state index < -0.39 is 12.0 Å². The van der Waals surface area contributed by atoms with Crippen LogP contribution in [0.3, 0.4) is 0 Å². The molecule has 0 heterocycles. The van der Waals surface area contributed by atoms with Crippen molar-refractivity contribution in [2.45, 2.75) is 18.9 Å². The summed E-state index contributed by atoms with van der Waals surface area (Å²) in [6.07, 6.45) is 0.884. The third-order valence-corrected chi connectivity index (χ3v) is 1.45. The fourth-order valence-electron chi connectivity index (χ4n) is 0.647. The predicted octanol–water partition coefficient (Wildman–Crippen LogP) is -0.748. The second-order valence-electron chi connectivity index (χ2n) is 2.18. The molecule has 0 radical (unpaired) electrons. The number of hydrogen-bond donors (Lipinski definition) is 3. The highest BCUT2D eigenvalue weighted by molar-refractivity contribution is 7.80. The number of carboxylic acid groups (broad SMARTS) is 1. The minimum Gasteiger partial charge on any atom is -0.480 e. The van der Waals surface area contributed by atoms with Gasteiger partial charge in [0, 0.05) is 6.42 Å². The Morgan fingerprint density at radius 3 is 2.67 bits per heavy atom. The summed E-state index contributed by atoms with van der Waals surface area (Å²) >= 11 is 4.55. The van der Waals surface area contributed by atoms with Gasteiger partial charge in [0.2, 0.25) is 6.41 Å². The summed E-state index contributed by atoms with van der Waals surface area (Å²) < 4.78 is 0. The van der Waals surface area contributed by atoms with E-state index in [9.17, 15) is 9.59 Å². The van der Waals surface area contributed by atoms with Gasteiger partial charge in [-0.05, 0) is 6.42 Å². The van der Waals surface area contributed by atoms with Gasteiger partial charge in [-0.2, -0.15) is 0 Å². The molecule has 0 aliphatic heterocycles. The van der Waals surface area contributed by atoms with Crippen LogP contribution >= 0.6 is 12.2 Å². The first kappa shape index (κ1) is 10.8. The molecule has 0 bridgehead atoms. The lowest BCUT2D eigenvalue weighted by molar-refractivity contribution is -0.140. The zero-order chi connectivity index (χ0) is 9.56. The molecule has 1 atom stereocenters. The van der Waals surface area contributed by atoms with Gasteiger partial charge in [-0.15, -0.1) is 0 Å². The highest BCUT2D eigenvalue weighted by Gasteiger charge is 2.15. The summed E-state index contributed by atoms with van der Waals surface area (Å²) in [6, 6.07) is -0.899. The molecule has 1 unspecified atom stereocenters. The molecular weight excluding hydrogens is 180 g/mol. The maximum Gasteiger partial charge on any atom is 0.326 e. The van der Waals surface area contributed by atoms with Crippen molar-refractivity contribution in [1.82, 2.24) is 5.32 Å². The number of rotatable bonds is 6. The zero-order valence-corrected chi connectivity index (χ0v) is 7.13. The van der Waals surface area contributed by atoms with Crippen LogP contribution < -0.4 is 11.1 Å². The summed E-state index contributed by atoms with van der Waals surface area (Å²) in [5, 5.41) is 10.7. The second kappa shape index (κ2) is 5.48. The van der Waals surface area contributed by atoms with Crippen LogP contribution in [-0.4, -0.2) is 28.5 Å². The Balaban J connectivity index is 3.86. The van der Waals surface area contributed by atoms with E-state index >= 15 is 0 Å². The normalized spacial score (nSPS) is 11.7. The molecule has 0 spiro atoms. The molecule has 12 heavy (non-hydrogen) atoms. The van der Waals surface area contributed by atoms with Gasteiger partial charge in [0.15, 0.2) is 0 Å². The van der Waals surface area contributed by atoms with Gasteiger partial charge >= 0.3 is 5.97 Å². The number of nitrogens with one attached hydrogen (secondary N) is 1. The van der Waals surface area contributed by atoms with Crippen LogP contribution in [0.15, 0.2) is 0 Å². The van der Waals surface area contributed by atoms with Crippen molar-refractivity contribution < 1.29 is 14.7 Å². The van der Waals surface area contributed by atoms with Gasteiger partial charge in [-0.25, -0.2) is 4.79 Å². The number of carbonyl (C=O) groups excluding carboxylic acids is 1. The lowest BCUT2D eigenvalue weighted by Crippen LogP contribution is -2.36. The van der Waals surface area contributed by atoms with Gasteiger partial charge in [0.05, 0.1) is 4.99 Å². The first-order chi connectivity index (χ1) is 5.57. The molecule has 0 saturated carbocycles.